The van der Waals surface area contributed by atoms with E-state index in [0.717, 1.165) is 45.9 Å². The number of para-hydroxylation sites is 1. The van der Waals surface area contributed by atoms with Crippen LogP contribution in [0.2, 0.25) is 0 Å². The molecule has 4 rings (SSSR count). The van der Waals surface area contributed by atoms with E-state index in [2.05, 4.69) is 16.7 Å². The van der Waals surface area contributed by atoms with Gasteiger partial charge in [-0.3, -0.25) is 0 Å². The normalized spacial score (nSPS) is 11.1. The highest BCUT2D eigenvalue weighted by atomic mass is 16.2. The van der Waals surface area contributed by atoms with Gasteiger partial charge in [0.15, 0.2) is 0 Å². The van der Waals surface area contributed by atoms with Gasteiger partial charge in [0.25, 0.3) is 0 Å². The molecule has 0 saturated heterocycles. The summed E-state index contributed by atoms with van der Waals surface area (Å²) in [6.07, 6.45) is 0. The van der Waals surface area contributed by atoms with Crippen molar-refractivity contribution in [1.29, 1.82) is 0 Å². The van der Waals surface area contributed by atoms with Crippen molar-refractivity contribution in [3.05, 3.63) is 66.7 Å². The highest BCUT2D eigenvalue weighted by molar-refractivity contribution is 6.46. The van der Waals surface area contributed by atoms with E-state index in [-0.39, 0.29) is 0 Å². The van der Waals surface area contributed by atoms with Gasteiger partial charge in [-0.2, -0.15) is 0 Å². The lowest BCUT2D eigenvalue weighted by molar-refractivity contribution is 0.615. The summed E-state index contributed by atoms with van der Waals surface area (Å²) in [7, 11) is 7.09. The summed E-state index contributed by atoms with van der Waals surface area (Å²) in [5.74, 6) is 0. The third kappa shape index (κ3) is 1.96. The van der Waals surface area contributed by atoms with Gasteiger partial charge in [-0.05, 0) is 24.3 Å². The lowest BCUT2D eigenvalue weighted by Gasteiger charge is -2.07. The SMILES string of the molecule is [B]c1ccc2c(c1)c1cc([B]O)ccc1n2-c1ccccc1. The summed E-state index contributed by atoms with van der Waals surface area (Å²) in [6.45, 7) is 0. The first-order chi connectivity index (χ1) is 10.8. The average Bonchev–Trinajstić information content (AvgIpc) is 2.88. The summed E-state index contributed by atoms with van der Waals surface area (Å²) in [5.41, 5.74) is 4.82. The van der Waals surface area contributed by atoms with Gasteiger partial charge in [0.2, 0.25) is 0 Å². The van der Waals surface area contributed by atoms with Crippen LogP contribution >= 0.6 is 0 Å². The Balaban J connectivity index is 2.18. The maximum atomic E-state index is 9.29. The van der Waals surface area contributed by atoms with Crippen LogP contribution < -0.4 is 10.9 Å². The maximum Gasteiger partial charge on any atom is 0.326 e. The van der Waals surface area contributed by atoms with Gasteiger partial charge in [-0.1, -0.05) is 53.4 Å². The van der Waals surface area contributed by atoms with Crippen molar-refractivity contribution in [2.75, 3.05) is 0 Å². The first kappa shape index (κ1) is 13.2. The summed E-state index contributed by atoms with van der Waals surface area (Å²) >= 11 is 0. The molecular weight excluding hydrogens is 268 g/mol. The van der Waals surface area contributed by atoms with Gasteiger partial charge < -0.3 is 9.59 Å². The fraction of sp³-hybridized carbons (Fsp3) is 0. The van der Waals surface area contributed by atoms with E-state index in [1.165, 1.54) is 0 Å². The minimum Gasteiger partial charge on any atom is -0.450 e. The molecule has 1 N–H and O–H groups in total. The van der Waals surface area contributed by atoms with E-state index in [0.29, 0.717) is 0 Å². The number of rotatable bonds is 2. The molecule has 0 fully saturated rings. The number of hydrogen-bond acceptors (Lipinski definition) is 1. The highest BCUT2D eigenvalue weighted by Crippen LogP contribution is 2.30. The molecule has 4 heteroatoms. The van der Waals surface area contributed by atoms with Crippen molar-refractivity contribution in [2.24, 2.45) is 0 Å². The minimum absolute atomic E-state index is 0.734. The summed E-state index contributed by atoms with van der Waals surface area (Å²) in [4.78, 5) is 0. The molecule has 2 nitrogen and oxygen atoms in total. The first-order valence-corrected chi connectivity index (χ1v) is 7.14. The van der Waals surface area contributed by atoms with Crippen LogP contribution in [-0.4, -0.2) is 24.9 Å². The molecule has 0 unspecified atom stereocenters. The molecule has 0 amide bonds. The number of benzene rings is 3. The summed E-state index contributed by atoms with van der Waals surface area (Å²) in [5, 5.41) is 11.5. The zero-order valence-electron chi connectivity index (χ0n) is 11.9. The lowest BCUT2D eigenvalue weighted by Crippen LogP contribution is -2.12. The van der Waals surface area contributed by atoms with Crippen LogP contribution in [0.3, 0.4) is 0 Å². The Hall–Kier alpha value is -2.45. The van der Waals surface area contributed by atoms with Crippen molar-refractivity contribution in [1.82, 2.24) is 4.57 Å². The second kappa shape index (κ2) is 5.08. The van der Waals surface area contributed by atoms with Crippen molar-refractivity contribution in [3.63, 3.8) is 0 Å². The van der Waals surface area contributed by atoms with Crippen LogP contribution in [0.1, 0.15) is 0 Å². The van der Waals surface area contributed by atoms with Crippen molar-refractivity contribution < 1.29 is 5.02 Å². The molecule has 0 bridgehead atoms. The van der Waals surface area contributed by atoms with E-state index < -0.39 is 0 Å². The van der Waals surface area contributed by atoms with Crippen LogP contribution in [0, 0.1) is 0 Å². The maximum absolute atomic E-state index is 9.29. The van der Waals surface area contributed by atoms with Crippen molar-refractivity contribution >= 4 is 48.1 Å². The standard InChI is InChI=1S/C18H12B2NO/c19-12-6-8-17-15(10-12)16-11-13(20-22)7-9-18(16)21(17)14-4-2-1-3-5-14/h1-11,22H. The van der Waals surface area contributed by atoms with E-state index in [1.54, 1.807) is 0 Å². The molecule has 0 aliphatic carbocycles. The minimum atomic E-state index is 0.734. The third-order valence-electron chi connectivity index (χ3n) is 3.98. The molecule has 22 heavy (non-hydrogen) atoms. The summed E-state index contributed by atoms with van der Waals surface area (Å²) < 4.78 is 2.21. The molecule has 0 aliphatic heterocycles. The smallest absolute Gasteiger partial charge is 0.326 e. The number of fused-ring (bicyclic) bond motifs is 3. The van der Waals surface area contributed by atoms with E-state index in [9.17, 15) is 5.02 Å². The largest absolute Gasteiger partial charge is 0.450 e. The molecule has 1 aromatic heterocycles. The van der Waals surface area contributed by atoms with Crippen LogP contribution in [0.5, 0.6) is 0 Å². The lowest BCUT2D eigenvalue weighted by atomic mass is 9.87. The predicted octanol–water partition coefficient (Wildman–Crippen LogP) is 1.81. The van der Waals surface area contributed by atoms with Crippen molar-refractivity contribution in [2.45, 2.75) is 0 Å². The predicted molar refractivity (Wildman–Crippen MR) is 93.8 cm³/mol. The summed E-state index contributed by atoms with van der Waals surface area (Å²) in [6, 6.07) is 22.1. The molecule has 101 valence electrons. The van der Waals surface area contributed by atoms with Crippen LogP contribution in [0.4, 0.5) is 0 Å². The van der Waals surface area contributed by atoms with Gasteiger partial charge >= 0.3 is 7.48 Å². The van der Waals surface area contributed by atoms with E-state index in [4.69, 9.17) is 7.85 Å². The fourth-order valence-electron chi connectivity index (χ4n) is 2.99. The third-order valence-corrected chi connectivity index (χ3v) is 3.98. The number of aromatic nitrogens is 1. The Morgan fingerprint density at radius 2 is 1.50 bits per heavy atom. The number of nitrogens with zero attached hydrogens (tertiary/aromatic N) is 1. The molecule has 1 heterocycles. The molecular formula is C18H12B2NO. The molecule has 0 aliphatic rings. The van der Waals surface area contributed by atoms with E-state index in [1.807, 2.05) is 54.6 Å². The van der Waals surface area contributed by atoms with Gasteiger partial charge in [0, 0.05) is 16.5 Å². The number of hydrogen-bond donors (Lipinski definition) is 1. The zero-order valence-corrected chi connectivity index (χ0v) is 11.9. The van der Waals surface area contributed by atoms with Gasteiger partial charge in [0.1, 0.15) is 7.85 Å². The zero-order chi connectivity index (χ0) is 15.1. The Bertz CT molecular complexity index is 977. The second-order valence-corrected chi connectivity index (χ2v) is 5.35. The van der Waals surface area contributed by atoms with Gasteiger partial charge in [0.05, 0.1) is 11.0 Å². The second-order valence-electron chi connectivity index (χ2n) is 5.35. The monoisotopic (exact) mass is 280 g/mol. The highest BCUT2D eigenvalue weighted by Gasteiger charge is 2.12. The molecule has 0 saturated carbocycles. The molecule has 3 radical (unpaired) electrons. The van der Waals surface area contributed by atoms with E-state index >= 15 is 0 Å². The molecule has 4 aromatic rings. The van der Waals surface area contributed by atoms with Crippen molar-refractivity contribution in [3.8, 4) is 5.69 Å². The Kier molecular flexibility index (Phi) is 3.05. The van der Waals surface area contributed by atoms with Gasteiger partial charge in [-0.25, -0.2) is 0 Å². The quantitative estimate of drug-likeness (QED) is 0.557. The van der Waals surface area contributed by atoms with Crippen LogP contribution in [0.25, 0.3) is 27.5 Å². The molecule has 3 aromatic carbocycles. The Morgan fingerprint density at radius 3 is 2.23 bits per heavy atom. The Morgan fingerprint density at radius 1 is 0.818 bits per heavy atom. The molecule has 0 spiro atoms. The fourth-order valence-corrected chi connectivity index (χ4v) is 2.99. The topological polar surface area (TPSA) is 25.2 Å². The Labute approximate surface area is 130 Å². The molecule has 0 atom stereocenters. The first-order valence-electron chi connectivity index (χ1n) is 7.14. The average molecular weight is 280 g/mol. The van der Waals surface area contributed by atoms with Crippen LogP contribution in [0.15, 0.2) is 66.7 Å². The van der Waals surface area contributed by atoms with Gasteiger partial charge in [-0.15, -0.1) is 0 Å². The van der Waals surface area contributed by atoms with Crippen LogP contribution in [-0.2, 0) is 0 Å².